The van der Waals surface area contributed by atoms with Crippen molar-refractivity contribution in [2.24, 2.45) is 11.1 Å². The number of rotatable bonds is 7. The van der Waals surface area contributed by atoms with E-state index < -0.39 is 4.92 Å². The molecule has 0 saturated heterocycles. The van der Waals surface area contributed by atoms with Gasteiger partial charge in [-0.1, -0.05) is 41.6 Å². The Morgan fingerprint density at radius 3 is 2.50 bits per heavy atom. The molecule has 28 heavy (non-hydrogen) atoms. The van der Waals surface area contributed by atoms with Crippen LogP contribution in [0.4, 0.5) is 5.69 Å². The normalized spacial score (nSPS) is 18.5. The van der Waals surface area contributed by atoms with Crippen molar-refractivity contribution in [3.05, 3.63) is 106 Å². The first-order chi connectivity index (χ1) is 13.7. The highest BCUT2D eigenvalue weighted by Crippen LogP contribution is 2.49. The molecule has 1 fully saturated rings. The molecular formula is C22H19N3O3. The predicted octanol–water partition coefficient (Wildman–Crippen LogP) is 4.71. The Labute approximate surface area is 162 Å². The lowest BCUT2D eigenvalue weighted by atomic mass is 10.1. The molecule has 6 heteroatoms. The third-order valence-corrected chi connectivity index (χ3v) is 4.84. The quantitative estimate of drug-likeness (QED) is 0.341. The first kappa shape index (κ1) is 17.9. The van der Waals surface area contributed by atoms with E-state index in [1.807, 2.05) is 36.4 Å². The highest BCUT2D eigenvalue weighted by Gasteiger charge is 2.43. The lowest BCUT2D eigenvalue weighted by Crippen LogP contribution is -2.08. The van der Waals surface area contributed by atoms with Gasteiger partial charge in [0.05, 0.1) is 10.6 Å². The molecular weight excluding hydrogens is 354 g/mol. The Bertz CT molecular complexity index is 973. The summed E-state index contributed by atoms with van der Waals surface area (Å²) >= 11 is 0. The minimum absolute atomic E-state index is 0.0603. The Morgan fingerprint density at radius 1 is 1.07 bits per heavy atom. The Morgan fingerprint density at radius 2 is 1.82 bits per heavy atom. The number of aromatic nitrogens is 1. The van der Waals surface area contributed by atoms with Crippen LogP contribution in [0.2, 0.25) is 0 Å². The zero-order valence-electron chi connectivity index (χ0n) is 15.1. The second-order valence-electron chi connectivity index (χ2n) is 6.75. The predicted molar refractivity (Wildman–Crippen MR) is 106 cm³/mol. The Balaban J connectivity index is 1.49. The molecule has 0 unspecified atom stereocenters. The minimum Gasteiger partial charge on any atom is -0.391 e. The van der Waals surface area contributed by atoms with Crippen LogP contribution in [0.3, 0.4) is 0 Å². The zero-order chi connectivity index (χ0) is 19.3. The summed E-state index contributed by atoms with van der Waals surface area (Å²) in [4.78, 5) is 20.4. The molecule has 3 aromatic rings. The van der Waals surface area contributed by atoms with E-state index in [2.05, 4.69) is 22.3 Å². The van der Waals surface area contributed by atoms with Crippen molar-refractivity contribution >= 4 is 11.4 Å². The van der Waals surface area contributed by atoms with E-state index in [0.717, 1.165) is 23.4 Å². The van der Waals surface area contributed by atoms with Crippen LogP contribution < -0.4 is 0 Å². The molecule has 6 nitrogen and oxygen atoms in total. The van der Waals surface area contributed by atoms with Gasteiger partial charge < -0.3 is 4.84 Å². The molecule has 0 amide bonds. The van der Waals surface area contributed by atoms with Crippen LogP contribution in [0.5, 0.6) is 0 Å². The van der Waals surface area contributed by atoms with E-state index in [9.17, 15) is 10.1 Å². The lowest BCUT2D eigenvalue weighted by molar-refractivity contribution is -0.384. The molecule has 4 rings (SSSR count). The van der Waals surface area contributed by atoms with Gasteiger partial charge in [0.1, 0.15) is 12.3 Å². The number of benzene rings is 2. The standard InChI is InChI=1S/C22H19N3O3/c26-25(27)18-11-9-16(10-12-18)15-28-24-22(21-8-4-5-13-23-21)20-14-19(20)17-6-2-1-3-7-17/h1-13,19-20H,14-15H2/b24-22+/t19-,20-/m0/s1. The number of nitrogens with zero attached hydrogens (tertiary/aromatic N) is 3. The lowest BCUT2D eigenvalue weighted by Gasteiger charge is -2.07. The number of nitro benzene ring substituents is 1. The molecule has 1 aliphatic carbocycles. The molecule has 0 aliphatic heterocycles. The van der Waals surface area contributed by atoms with Crippen LogP contribution in [0.1, 0.15) is 29.2 Å². The molecule has 0 radical (unpaired) electrons. The number of non-ortho nitro benzene ring substituents is 1. The van der Waals surface area contributed by atoms with Crippen molar-refractivity contribution in [2.45, 2.75) is 18.9 Å². The summed E-state index contributed by atoms with van der Waals surface area (Å²) in [5.74, 6) is 0.694. The third kappa shape index (κ3) is 4.06. The summed E-state index contributed by atoms with van der Waals surface area (Å²) < 4.78 is 0. The van der Waals surface area contributed by atoms with Crippen LogP contribution in [-0.4, -0.2) is 15.6 Å². The summed E-state index contributed by atoms with van der Waals surface area (Å²) in [5.41, 5.74) is 3.84. The molecule has 140 valence electrons. The average molecular weight is 373 g/mol. The molecule has 0 N–H and O–H groups in total. The first-order valence-corrected chi connectivity index (χ1v) is 9.12. The maximum Gasteiger partial charge on any atom is 0.269 e. The molecule has 1 aromatic heterocycles. The maximum absolute atomic E-state index is 10.7. The first-order valence-electron chi connectivity index (χ1n) is 9.12. The zero-order valence-corrected chi connectivity index (χ0v) is 15.1. The highest BCUT2D eigenvalue weighted by molar-refractivity contribution is 6.02. The molecule has 0 bridgehead atoms. The molecule has 1 aliphatic rings. The van der Waals surface area contributed by atoms with Gasteiger partial charge in [-0.05, 0) is 47.7 Å². The fraction of sp³-hybridized carbons (Fsp3) is 0.182. The van der Waals surface area contributed by atoms with Crippen molar-refractivity contribution in [3.63, 3.8) is 0 Å². The fourth-order valence-corrected chi connectivity index (χ4v) is 3.27. The topological polar surface area (TPSA) is 77.6 Å². The van der Waals surface area contributed by atoms with Gasteiger partial charge in [0.2, 0.25) is 0 Å². The summed E-state index contributed by atoms with van der Waals surface area (Å²) in [5, 5.41) is 15.2. The van der Waals surface area contributed by atoms with E-state index in [1.165, 1.54) is 17.7 Å². The van der Waals surface area contributed by atoms with Crippen LogP contribution in [0.15, 0.2) is 84.1 Å². The summed E-state index contributed by atoms with van der Waals surface area (Å²) in [6.07, 6.45) is 2.77. The van der Waals surface area contributed by atoms with Gasteiger partial charge in [-0.3, -0.25) is 15.1 Å². The second kappa shape index (κ2) is 8.00. The van der Waals surface area contributed by atoms with E-state index >= 15 is 0 Å². The van der Waals surface area contributed by atoms with Gasteiger partial charge >= 0.3 is 0 Å². The Hall–Kier alpha value is -3.54. The molecule has 2 aromatic carbocycles. The van der Waals surface area contributed by atoms with Crippen LogP contribution >= 0.6 is 0 Å². The van der Waals surface area contributed by atoms with Crippen LogP contribution in [-0.2, 0) is 11.4 Å². The molecule has 1 heterocycles. The van der Waals surface area contributed by atoms with Crippen LogP contribution in [0, 0.1) is 16.0 Å². The van der Waals surface area contributed by atoms with E-state index in [1.54, 1.807) is 18.3 Å². The SMILES string of the molecule is O=[N+]([O-])c1ccc(CO/N=C(/c2ccccn2)[C@H]2C[C@H]2c2ccccc2)cc1. The van der Waals surface area contributed by atoms with Gasteiger partial charge in [0, 0.05) is 24.2 Å². The average Bonchev–Trinajstić information content (AvgIpc) is 3.53. The number of hydrogen-bond donors (Lipinski definition) is 0. The maximum atomic E-state index is 10.7. The van der Waals surface area contributed by atoms with Gasteiger partial charge in [-0.15, -0.1) is 0 Å². The summed E-state index contributed by atoms with van der Waals surface area (Å²) in [7, 11) is 0. The molecule has 2 atom stereocenters. The number of nitro groups is 1. The molecule has 0 spiro atoms. The van der Waals surface area contributed by atoms with Crippen molar-refractivity contribution < 1.29 is 9.76 Å². The van der Waals surface area contributed by atoms with E-state index in [4.69, 9.17) is 4.84 Å². The largest absolute Gasteiger partial charge is 0.391 e. The summed E-state index contributed by atoms with van der Waals surface area (Å²) in [6.45, 7) is 0.247. The van der Waals surface area contributed by atoms with Crippen molar-refractivity contribution in [3.8, 4) is 0 Å². The number of hydrogen-bond acceptors (Lipinski definition) is 5. The fourth-order valence-electron chi connectivity index (χ4n) is 3.27. The monoisotopic (exact) mass is 373 g/mol. The number of oxime groups is 1. The minimum atomic E-state index is -0.418. The van der Waals surface area contributed by atoms with Gasteiger partial charge in [0.15, 0.2) is 0 Å². The second-order valence-corrected chi connectivity index (χ2v) is 6.75. The van der Waals surface area contributed by atoms with Gasteiger partial charge in [-0.2, -0.15) is 0 Å². The molecule has 1 saturated carbocycles. The van der Waals surface area contributed by atoms with Gasteiger partial charge in [-0.25, -0.2) is 0 Å². The van der Waals surface area contributed by atoms with Crippen molar-refractivity contribution in [1.82, 2.24) is 4.98 Å². The highest BCUT2D eigenvalue weighted by atomic mass is 16.6. The van der Waals surface area contributed by atoms with Crippen molar-refractivity contribution in [2.75, 3.05) is 0 Å². The van der Waals surface area contributed by atoms with Crippen LogP contribution in [0.25, 0.3) is 0 Å². The summed E-state index contributed by atoms with van der Waals surface area (Å²) in [6, 6.07) is 22.4. The van der Waals surface area contributed by atoms with E-state index in [0.29, 0.717) is 5.92 Å². The van der Waals surface area contributed by atoms with Crippen molar-refractivity contribution in [1.29, 1.82) is 0 Å². The van der Waals surface area contributed by atoms with Gasteiger partial charge in [0.25, 0.3) is 5.69 Å². The third-order valence-electron chi connectivity index (χ3n) is 4.84. The van der Waals surface area contributed by atoms with E-state index in [-0.39, 0.29) is 18.2 Å². The Kier molecular flexibility index (Phi) is 5.10. The smallest absolute Gasteiger partial charge is 0.269 e. The number of pyridine rings is 1.